The van der Waals surface area contributed by atoms with Crippen LogP contribution in [0.15, 0.2) is 24.3 Å². The summed E-state index contributed by atoms with van der Waals surface area (Å²) in [6.45, 7) is 0.252. The van der Waals surface area contributed by atoms with Gasteiger partial charge in [0.2, 0.25) is 12.7 Å². The van der Waals surface area contributed by atoms with Crippen molar-refractivity contribution in [2.45, 2.75) is 18.8 Å². The summed E-state index contributed by atoms with van der Waals surface area (Å²) in [6, 6.07) is 7.27. The Hall–Kier alpha value is -2.50. The molecule has 0 bridgehead atoms. The van der Waals surface area contributed by atoms with Crippen LogP contribution in [0.1, 0.15) is 24.6 Å². The van der Waals surface area contributed by atoms with Gasteiger partial charge in [-0.25, -0.2) is 4.98 Å². The minimum absolute atomic E-state index is 0.252. The minimum atomic E-state index is 0.252. The highest BCUT2D eigenvalue weighted by molar-refractivity contribution is 5.48. The number of hydrogen-bond acceptors (Lipinski definition) is 6. The van der Waals surface area contributed by atoms with Crippen molar-refractivity contribution in [3.05, 3.63) is 30.1 Å². The average molecular weight is 285 g/mol. The average Bonchev–Trinajstić information content (AvgIpc) is 3.25. The molecule has 0 amide bonds. The summed E-state index contributed by atoms with van der Waals surface area (Å²) in [6.07, 6.45) is 2.30. The molecule has 6 nitrogen and oxygen atoms in total. The fourth-order valence-corrected chi connectivity index (χ4v) is 2.21. The molecule has 2 aliphatic rings. The summed E-state index contributed by atoms with van der Waals surface area (Å²) < 4.78 is 16.5. The molecule has 0 spiro atoms. The Kier molecular flexibility index (Phi) is 2.80. The summed E-state index contributed by atoms with van der Waals surface area (Å²) in [5, 5.41) is 3.04. The third-order valence-corrected chi connectivity index (χ3v) is 3.49. The van der Waals surface area contributed by atoms with Gasteiger partial charge in [-0.1, -0.05) is 0 Å². The van der Waals surface area contributed by atoms with E-state index in [0.29, 0.717) is 23.3 Å². The van der Waals surface area contributed by atoms with Crippen molar-refractivity contribution in [3.8, 4) is 23.1 Å². The number of nitrogens with zero attached hydrogens (tertiary/aromatic N) is 2. The van der Waals surface area contributed by atoms with E-state index in [4.69, 9.17) is 14.2 Å². The van der Waals surface area contributed by atoms with E-state index in [0.717, 1.165) is 30.2 Å². The Morgan fingerprint density at radius 3 is 2.81 bits per heavy atom. The van der Waals surface area contributed by atoms with E-state index in [1.165, 1.54) is 0 Å². The standard InChI is InChI=1S/C15H15N3O3/c1-16-13-7-14(18-15(17-13)9-2-3-9)21-10-4-5-11-12(6-10)20-8-19-11/h4-7,9H,2-3,8H2,1H3,(H,16,17,18). The maximum atomic E-state index is 5.84. The molecule has 1 N–H and O–H groups in total. The van der Waals surface area contributed by atoms with Crippen LogP contribution in [-0.4, -0.2) is 23.8 Å². The molecule has 1 fully saturated rings. The molecule has 1 aromatic carbocycles. The molecule has 1 saturated carbocycles. The van der Waals surface area contributed by atoms with Crippen LogP contribution in [0, 0.1) is 0 Å². The zero-order valence-corrected chi connectivity index (χ0v) is 11.6. The van der Waals surface area contributed by atoms with Crippen molar-refractivity contribution in [2.75, 3.05) is 19.2 Å². The number of nitrogens with one attached hydrogen (secondary N) is 1. The molecule has 21 heavy (non-hydrogen) atoms. The Morgan fingerprint density at radius 2 is 2.00 bits per heavy atom. The summed E-state index contributed by atoms with van der Waals surface area (Å²) in [7, 11) is 1.84. The van der Waals surface area contributed by atoms with E-state index >= 15 is 0 Å². The first-order valence-corrected chi connectivity index (χ1v) is 6.96. The number of aromatic nitrogens is 2. The summed E-state index contributed by atoms with van der Waals surface area (Å²) in [5.41, 5.74) is 0. The molecule has 0 saturated heterocycles. The van der Waals surface area contributed by atoms with Gasteiger partial charge in [-0.2, -0.15) is 4.98 Å². The Morgan fingerprint density at radius 1 is 1.14 bits per heavy atom. The predicted octanol–water partition coefficient (Wildman–Crippen LogP) is 2.92. The molecule has 1 aromatic heterocycles. The largest absolute Gasteiger partial charge is 0.454 e. The fraction of sp³-hybridized carbons (Fsp3) is 0.333. The SMILES string of the molecule is CNc1cc(Oc2ccc3c(c2)OCO3)nc(C2CC2)n1. The van der Waals surface area contributed by atoms with Crippen LogP contribution in [0.3, 0.4) is 0 Å². The van der Waals surface area contributed by atoms with Gasteiger partial charge in [0.1, 0.15) is 17.4 Å². The summed E-state index contributed by atoms with van der Waals surface area (Å²) in [5.74, 6) is 4.71. The molecular formula is C15H15N3O3. The van der Waals surface area contributed by atoms with Crippen LogP contribution in [0.5, 0.6) is 23.1 Å². The second-order valence-corrected chi connectivity index (χ2v) is 5.09. The monoisotopic (exact) mass is 285 g/mol. The lowest BCUT2D eigenvalue weighted by atomic mass is 10.3. The third-order valence-electron chi connectivity index (χ3n) is 3.49. The van der Waals surface area contributed by atoms with Crippen LogP contribution in [0.2, 0.25) is 0 Å². The number of fused-ring (bicyclic) bond motifs is 1. The first-order chi connectivity index (χ1) is 10.3. The first kappa shape index (κ1) is 12.3. The van der Waals surface area contributed by atoms with Crippen molar-refractivity contribution in [2.24, 2.45) is 0 Å². The fourth-order valence-electron chi connectivity index (χ4n) is 2.21. The van der Waals surface area contributed by atoms with E-state index in [9.17, 15) is 0 Å². The second-order valence-electron chi connectivity index (χ2n) is 5.09. The molecule has 108 valence electrons. The molecule has 6 heteroatoms. The van der Waals surface area contributed by atoms with Crippen LogP contribution in [0.4, 0.5) is 5.82 Å². The van der Waals surface area contributed by atoms with Crippen molar-refractivity contribution in [3.63, 3.8) is 0 Å². The number of hydrogen-bond donors (Lipinski definition) is 1. The van der Waals surface area contributed by atoms with E-state index in [1.54, 1.807) is 12.1 Å². The van der Waals surface area contributed by atoms with Gasteiger partial charge in [0, 0.05) is 25.1 Å². The van der Waals surface area contributed by atoms with E-state index in [2.05, 4.69) is 15.3 Å². The zero-order valence-electron chi connectivity index (χ0n) is 11.6. The van der Waals surface area contributed by atoms with Crippen LogP contribution in [0.25, 0.3) is 0 Å². The number of anilines is 1. The van der Waals surface area contributed by atoms with Gasteiger partial charge < -0.3 is 19.5 Å². The highest BCUT2D eigenvalue weighted by Gasteiger charge is 2.27. The van der Waals surface area contributed by atoms with Crippen molar-refractivity contribution in [1.29, 1.82) is 0 Å². The van der Waals surface area contributed by atoms with Crippen molar-refractivity contribution in [1.82, 2.24) is 9.97 Å². The minimum Gasteiger partial charge on any atom is -0.454 e. The first-order valence-electron chi connectivity index (χ1n) is 6.96. The highest BCUT2D eigenvalue weighted by atomic mass is 16.7. The van der Waals surface area contributed by atoms with Gasteiger partial charge >= 0.3 is 0 Å². The molecule has 2 heterocycles. The maximum Gasteiger partial charge on any atom is 0.231 e. The lowest BCUT2D eigenvalue weighted by molar-refractivity contribution is 0.174. The van der Waals surface area contributed by atoms with Gasteiger partial charge in [-0.3, -0.25) is 0 Å². The molecule has 0 unspecified atom stereocenters. The van der Waals surface area contributed by atoms with Gasteiger partial charge in [0.15, 0.2) is 11.5 Å². The molecule has 4 rings (SSSR count). The summed E-state index contributed by atoms with van der Waals surface area (Å²) in [4.78, 5) is 8.95. The second kappa shape index (κ2) is 4.80. The third kappa shape index (κ3) is 2.44. The Bertz CT molecular complexity index is 686. The number of benzene rings is 1. The molecule has 1 aliphatic heterocycles. The van der Waals surface area contributed by atoms with Gasteiger partial charge in [-0.15, -0.1) is 0 Å². The number of rotatable bonds is 4. The van der Waals surface area contributed by atoms with Gasteiger partial charge in [0.25, 0.3) is 0 Å². The van der Waals surface area contributed by atoms with E-state index < -0.39 is 0 Å². The van der Waals surface area contributed by atoms with Gasteiger partial charge in [-0.05, 0) is 25.0 Å². The lowest BCUT2D eigenvalue weighted by Crippen LogP contribution is -2.01. The smallest absolute Gasteiger partial charge is 0.231 e. The number of ether oxygens (including phenoxy) is 3. The zero-order chi connectivity index (χ0) is 14.2. The molecule has 0 radical (unpaired) electrons. The van der Waals surface area contributed by atoms with E-state index in [1.807, 2.05) is 19.2 Å². The molecule has 0 atom stereocenters. The van der Waals surface area contributed by atoms with Crippen LogP contribution < -0.4 is 19.5 Å². The molecular weight excluding hydrogens is 270 g/mol. The molecule has 2 aromatic rings. The Labute approximate surface area is 122 Å². The van der Waals surface area contributed by atoms with Crippen molar-refractivity contribution >= 4 is 5.82 Å². The lowest BCUT2D eigenvalue weighted by Gasteiger charge is -2.09. The van der Waals surface area contributed by atoms with Crippen LogP contribution >= 0.6 is 0 Å². The van der Waals surface area contributed by atoms with E-state index in [-0.39, 0.29) is 6.79 Å². The van der Waals surface area contributed by atoms with Gasteiger partial charge in [0.05, 0.1) is 0 Å². The quantitative estimate of drug-likeness (QED) is 0.931. The topological polar surface area (TPSA) is 65.5 Å². The Balaban J connectivity index is 1.62. The van der Waals surface area contributed by atoms with Crippen molar-refractivity contribution < 1.29 is 14.2 Å². The predicted molar refractivity (Wildman–Crippen MR) is 76.2 cm³/mol. The highest BCUT2D eigenvalue weighted by Crippen LogP contribution is 2.40. The maximum absolute atomic E-state index is 5.84. The van der Waals surface area contributed by atoms with Crippen LogP contribution in [-0.2, 0) is 0 Å². The normalized spacial score (nSPS) is 15.9. The molecule has 1 aliphatic carbocycles. The summed E-state index contributed by atoms with van der Waals surface area (Å²) >= 11 is 0.